The molecule has 0 amide bonds. The Morgan fingerprint density at radius 1 is 1.46 bits per heavy atom. The van der Waals surface area contributed by atoms with Crippen molar-refractivity contribution in [2.75, 3.05) is 0 Å². The van der Waals surface area contributed by atoms with Gasteiger partial charge in [0, 0.05) is 17.2 Å². The van der Waals surface area contributed by atoms with Crippen molar-refractivity contribution in [2.24, 2.45) is 0 Å². The van der Waals surface area contributed by atoms with Crippen LogP contribution in [0.4, 0.5) is 0 Å². The summed E-state index contributed by atoms with van der Waals surface area (Å²) in [6, 6.07) is 7.45. The Balaban J connectivity index is 2.85. The van der Waals surface area contributed by atoms with Crippen LogP contribution in [0.25, 0.3) is 0 Å². The number of alkyl halides is 1. The highest BCUT2D eigenvalue weighted by Gasteiger charge is 2.05. The minimum absolute atomic E-state index is 0.538. The van der Waals surface area contributed by atoms with Crippen molar-refractivity contribution in [3.63, 3.8) is 0 Å². The number of halogens is 1. The van der Waals surface area contributed by atoms with Crippen molar-refractivity contribution in [3.05, 3.63) is 35.4 Å². The monoisotopic (exact) mass is 241 g/mol. The van der Waals surface area contributed by atoms with E-state index >= 15 is 0 Å². The van der Waals surface area contributed by atoms with E-state index in [9.17, 15) is 9.90 Å². The zero-order valence-corrected chi connectivity index (χ0v) is 8.87. The predicted molar refractivity (Wildman–Crippen MR) is 52.5 cm³/mol. The van der Waals surface area contributed by atoms with E-state index in [1.807, 2.05) is 24.3 Å². The van der Waals surface area contributed by atoms with Gasteiger partial charge in [-0.05, 0) is 11.1 Å². The number of benzene rings is 1. The van der Waals surface area contributed by atoms with Gasteiger partial charge >= 0.3 is 0 Å². The number of aliphatic carboxylic acids is 1. The molecule has 1 atom stereocenters. The molecule has 1 aromatic carbocycles. The average Bonchev–Trinajstić information content (AvgIpc) is 2.17. The molecule has 13 heavy (non-hydrogen) atoms. The van der Waals surface area contributed by atoms with E-state index in [2.05, 4.69) is 15.9 Å². The molecule has 0 N–H and O–H groups in total. The molecule has 1 unspecified atom stereocenters. The van der Waals surface area contributed by atoms with Gasteiger partial charge in [-0.25, -0.2) is 0 Å². The predicted octanol–water partition coefficient (Wildman–Crippen LogP) is 1.43. The third-order valence-electron chi connectivity index (χ3n) is 1.99. The van der Waals surface area contributed by atoms with Crippen molar-refractivity contribution >= 4 is 21.9 Å². The molecular weight excluding hydrogens is 232 g/mol. The molecule has 1 rings (SSSR count). The maximum absolute atomic E-state index is 10.5. The molecule has 0 saturated carbocycles. The van der Waals surface area contributed by atoms with Crippen LogP contribution in [0.5, 0.6) is 0 Å². The van der Waals surface area contributed by atoms with Crippen molar-refractivity contribution in [1.82, 2.24) is 0 Å². The second-order valence-corrected chi connectivity index (χ2v) is 3.48. The molecule has 0 bridgehead atoms. The minimum atomic E-state index is -1.04. The summed E-state index contributed by atoms with van der Waals surface area (Å²) in [6.07, 6.45) is 0. The molecule has 3 heteroatoms. The number of carbonyl (C=O) groups excluding carboxylic acids is 1. The maximum Gasteiger partial charge on any atom is 0.0486 e. The summed E-state index contributed by atoms with van der Waals surface area (Å²) >= 11 is 3.32. The number of carboxylic acid groups (broad SMARTS) is 1. The van der Waals surface area contributed by atoms with E-state index in [-0.39, 0.29) is 0 Å². The maximum atomic E-state index is 10.5. The SMILES string of the molecule is CC(C(=O)[O-])c1ccc(CBr)cc1. The fourth-order valence-corrected chi connectivity index (χ4v) is 1.41. The van der Waals surface area contributed by atoms with Gasteiger partial charge in [-0.15, -0.1) is 0 Å². The topological polar surface area (TPSA) is 40.1 Å². The molecular formula is C10H10BrO2-. The number of carbonyl (C=O) groups is 1. The molecule has 0 spiro atoms. The second-order valence-electron chi connectivity index (χ2n) is 2.92. The van der Waals surface area contributed by atoms with Gasteiger partial charge in [-0.2, -0.15) is 0 Å². The molecule has 0 fully saturated rings. The zero-order valence-electron chi connectivity index (χ0n) is 7.29. The summed E-state index contributed by atoms with van der Waals surface area (Å²) < 4.78 is 0. The first-order chi connectivity index (χ1) is 6.15. The van der Waals surface area contributed by atoms with Gasteiger partial charge in [-0.3, -0.25) is 0 Å². The molecule has 0 aliphatic heterocycles. The largest absolute Gasteiger partial charge is 0.550 e. The zero-order chi connectivity index (χ0) is 9.84. The van der Waals surface area contributed by atoms with Crippen molar-refractivity contribution < 1.29 is 9.90 Å². The van der Waals surface area contributed by atoms with Crippen LogP contribution >= 0.6 is 15.9 Å². The summed E-state index contributed by atoms with van der Waals surface area (Å²) in [5.41, 5.74) is 1.92. The summed E-state index contributed by atoms with van der Waals surface area (Å²) in [4.78, 5) is 10.5. The normalized spacial score (nSPS) is 12.5. The van der Waals surface area contributed by atoms with Crippen LogP contribution < -0.4 is 5.11 Å². The standard InChI is InChI=1S/C10H11BrO2/c1-7(10(12)13)9-4-2-8(6-11)3-5-9/h2-5,7H,6H2,1H3,(H,12,13)/p-1. The first-order valence-electron chi connectivity index (χ1n) is 4.01. The van der Waals surface area contributed by atoms with Gasteiger partial charge in [-0.1, -0.05) is 47.1 Å². The third-order valence-corrected chi connectivity index (χ3v) is 2.64. The van der Waals surface area contributed by atoms with Crippen molar-refractivity contribution in [2.45, 2.75) is 18.2 Å². The molecule has 2 nitrogen and oxygen atoms in total. The Morgan fingerprint density at radius 3 is 2.38 bits per heavy atom. The third kappa shape index (κ3) is 2.56. The van der Waals surface area contributed by atoms with Crippen LogP contribution in [0.15, 0.2) is 24.3 Å². The van der Waals surface area contributed by atoms with E-state index < -0.39 is 11.9 Å². The fraction of sp³-hybridized carbons (Fsp3) is 0.300. The highest BCUT2D eigenvalue weighted by molar-refractivity contribution is 9.08. The Morgan fingerprint density at radius 2 is 2.00 bits per heavy atom. The Labute approximate surface area is 85.7 Å². The van der Waals surface area contributed by atoms with Crippen molar-refractivity contribution in [1.29, 1.82) is 0 Å². The summed E-state index contributed by atoms with van der Waals surface area (Å²) in [6.45, 7) is 1.62. The Kier molecular flexibility index (Phi) is 3.48. The lowest BCUT2D eigenvalue weighted by Gasteiger charge is -2.12. The van der Waals surface area contributed by atoms with Crippen molar-refractivity contribution in [3.8, 4) is 0 Å². The van der Waals surface area contributed by atoms with Gasteiger partial charge < -0.3 is 9.90 Å². The Hall–Kier alpha value is -0.830. The first-order valence-corrected chi connectivity index (χ1v) is 5.13. The van der Waals surface area contributed by atoms with E-state index in [4.69, 9.17) is 0 Å². The number of carboxylic acids is 1. The van der Waals surface area contributed by atoms with Gasteiger partial charge in [0.1, 0.15) is 0 Å². The number of hydrogen-bond acceptors (Lipinski definition) is 2. The van der Waals surface area contributed by atoms with Crippen LogP contribution in [-0.4, -0.2) is 5.97 Å². The lowest BCUT2D eigenvalue weighted by Crippen LogP contribution is -2.27. The van der Waals surface area contributed by atoms with Crippen LogP contribution in [0.1, 0.15) is 24.0 Å². The summed E-state index contributed by atoms with van der Waals surface area (Å²) in [7, 11) is 0. The first kappa shape index (κ1) is 10.3. The second kappa shape index (κ2) is 4.42. The van der Waals surface area contributed by atoms with E-state index in [0.717, 1.165) is 16.5 Å². The molecule has 0 radical (unpaired) electrons. The van der Waals surface area contributed by atoms with Crippen LogP contribution in [0.2, 0.25) is 0 Å². The summed E-state index contributed by atoms with van der Waals surface area (Å²) in [5, 5.41) is 11.3. The lowest BCUT2D eigenvalue weighted by molar-refractivity contribution is -0.307. The fourth-order valence-electron chi connectivity index (χ4n) is 1.03. The molecule has 0 aromatic heterocycles. The van der Waals surface area contributed by atoms with Crippen LogP contribution in [-0.2, 0) is 10.1 Å². The average molecular weight is 242 g/mol. The minimum Gasteiger partial charge on any atom is -0.550 e. The molecule has 0 aliphatic carbocycles. The summed E-state index contributed by atoms with van der Waals surface area (Å²) in [5.74, 6) is -1.57. The van der Waals surface area contributed by atoms with Gasteiger partial charge in [0.05, 0.1) is 0 Å². The molecule has 0 saturated heterocycles. The number of hydrogen-bond donors (Lipinski definition) is 0. The van der Waals surface area contributed by atoms with Gasteiger partial charge in [0.15, 0.2) is 0 Å². The van der Waals surface area contributed by atoms with Crippen LogP contribution in [0.3, 0.4) is 0 Å². The lowest BCUT2D eigenvalue weighted by atomic mass is 10.0. The highest BCUT2D eigenvalue weighted by Crippen LogP contribution is 2.16. The Bertz CT molecular complexity index is 292. The van der Waals surface area contributed by atoms with Gasteiger partial charge in [0.2, 0.25) is 0 Å². The van der Waals surface area contributed by atoms with E-state index in [1.165, 1.54) is 0 Å². The molecule has 0 heterocycles. The quantitative estimate of drug-likeness (QED) is 0.752. The number of rotatable bonds is 3. The highest BCUT2D eigenvalue weighted by atomic mass is 79.9. The van der Waals surface area contributed by atoms with Gasteiger partial charge in [0.25, 0.3) is 0 Å². The molecule has 1 aromatic rings. The van der Waals surface area contributed by atoms with E-state index in [1.54, 1.807) is 6.92 Å². The smallest absolute Gasteiger partial charge is 0.0486 e. The van der Waals surface area contributed by atoms with Crippen LogP contribution in [0, 0.1) is 0 Å². The molecule has 70 valence electrons. The van der Waals surface area contributed by atoms with E-state index in [0.29, 0.717) is 0 Å². The molecule has 0 aliphatic rings.